The van der Waals surface area contributed by atoms with Crippen molar-refractivity contribution in [3.63, 3.8) is 0 Å². The lowest BCUT2D eigenvalue weighted by Crippen LogP contribution is -1.97. The summed E-state index contributed by atoms with van der Waals surface area (Å²) in [5.41, 5.74) is 6.78. The fourth-order valence-electron chi connectivity index (χ4n) is 2.65. The van der Waals surface area contributed by atoms with Gasteiger partial charge in [0.1, 0.15) is 5.76 Å². The predicted octanol–water partition coefficient (Wildman–Crippen LogP) is 11.7. The van der Waals surface area contributed by atoms with Crippen LogP contribution in [0.15, 0.2) is 64.9 Å². The highest BCUT2D eigenvalue weighted by Crippen LogP contribution is 2.11. The minimum atomic E-state index is 0.116. The third kappa shape index (κ3) is 28.1. The van der Waals surface area contributed by atoms with Crippen molar-refractivity contribution in [1.29, 1.82) is 0 Å². The Labute approximate surface area is 227 Å². The first kappa shape index (κ1) is 41.1. The largest absolute Gasteiger partial charge is 0.508 e. The zero-order valence-corrected chi connectivity index (χ0v) is 26.6. The van der Waals surface area contributed by atoms with Gasteiger partial charge in [-0.1, -0.05) is 116 Å². The highest BCUT2D eigenvalue weighted by atomic mass is 16.3. The first-order valence-corrected chi connectivity index (χ1v) is 14.1. The molecule has 0 fully saturated rings. The second-order valence-corrected chi connectivity index (χ2v) is 9.21. The van der Waals surface area contributed by atoms with Crippen LogP contribution in [0.3, 0.4) is 0 Å². The molecule has 0 heterocycles. The van der Waals surface area contributed by atoms with E-state index >= 15 is 0 Å². The average molecular weight is 502 g/mol. The molecule has 0 aromatic heterocycles. The van der Waals surface area contributed by atoms with Crippen LogP contribution in [0.2, 0.25) is 0 Å². The Balaban J connectivity index is -0.000000188. The molecule has 0 saturated heterocycles. The molecule has 1 aromatic carbocycles. The Morgan fingerprint density at radius 3 is 1.64 bits per heavy atom. The van der Waals surface area contributed by atoms with Gasteiger partial charge in [-0.15, -0.1) is 6.58 Å². The molecule has 36 heavy (non-hydrogen) atoms. The zero-order valence-electron chi connectivity index (χ0n) is 26.6. The molecule has 210 valence electrons. The van der Waals surface area contributed by atoms with E-state index in [1.165, 1.54) is 55.2 Å². The van der Waals surface area contributed by atoms with Gasteiger partial charge in [0.2, 0.25) is 0 Å². The summed E-state index contributed by atoms with van der Waals surface area (Å²) in [7, 11) is 1.73. The van der Waals surface area contributed by atoms with Crippen molar-refractivity contribution in [1.82, 2.24) is 0 Å². The molecule has 1 unspecified atom stereocenters. The molecule has 0 radical (unpaired) electrons. The van der Waals surface area contributed by atoms with Crippen LogP contribution in [0.1, 0.15) is 126 Å². The van der Waals surface area contributed by atoms with Gasteiger partial charge in [0.15, 0.2) is 0 Å². The number of hydrogen-bond donors (Lipinski definition) is 1. The lowest BCUT2D eigenvalue weighted by atomic mass is 10.0. The van der Waals surface area contributed by atoms with E-state index < -0.39 is 0 Å². The molecule has 0 bridgehead atoms. The summed E-state index contributed by atoms with van der Waals surface area (Å²) >= 11 is 0. The molecule has 0 saturated carbocycles. The molecule has 1 aromatic rings. The summed E-state index contributed by atoms with van der Waals surface area (Å²) in [4.78, 5) is 4.00. The molecule has 0 aliphatic heterocycles. The molecule has 0 spiro atoms. The van der Waals surface area contributed by atoms with Crippen LogP contribution in [0.4, 0.5) is 0 Å². The van der Waals surface area contributed by atoms with E-state index in [1.54, 1.807) is 7.05 Å². The Morgan fingerprint density at radius 2 is 1.39 bits per heavy atom. The molecule has 1 rings (SSSR count). The topological polar surface area (TPSA) is 32.6 Å². The minimum Gasteiger partial charge on any atom is -0.508 e. The van der Waals surface area contributed by atoms with E-state index in [4.69, 9.17) is 5.11 Å². The number of aliphatic hydroxyl groups is 1. The van der Waals surface area contributed by atoms with Gasteiger partial charge in [-0.05, 0) is 76.5 Å². The lowest BCUT2D eigenvalue weighted by molar-refractivity contribution is 0.425. The quantitative estimate of drug-likeness (QED) is 0.155. The van der Waals surface area contributed by atoms with Gasteiger partial charge >= 0.3 is 0 Å². The number of nitrogens with zero attached hydrogens (tertiary/aromatic N) is 1. The molecular weight excluding hydrogens is 438 g/mol. The fraction of sp³-hybridized carbons (Fsp3) is 0.618. The Bertz CT molecular complexity index is 707. The van der Waals surface area contributed by atoms with Gasteiger partial charge in [-0.3, -0.25) is 4.99 Å². The average Bonchev–Trinajstić information content (AvgIpc) is 2.88. The second kappa shape index (κ2) is 29.1. The maximum atomic E-state index is 9.03. The summed E-state index contributed by atoms with van der Waals surface area (Å²) in [6.45, 7) is 32.2. The molecule has 0 aliphatic rings. The second-order valence-electron chi connectivity index (χ2n) is 9.21. The van der Waals surface area contributed by atoms with Gasteiger partial charge in [0.05, 0.1) is 0 Å². The minimum absolute atomic E-state index is 0.116. The van der Waals surface area contributed by atoms with Crippen molar-refractivity contribution in [2.24, 2.45) is 10.9 Å². The Hall–Kier alpha value is -2.09. The summed E-state index contributed by atoms with van der Waals surface area (Å²) in [6.07, 6.45) is 9.01. The van der Waals surface area contributed by atoms with Gasteiger partial charge in [0, 0.05) is 12.8 Å². The van der Waals surface area contributed by atoms with Crippen LogP contribution < -0.4 is 0 Å². The maximum absolute atomic E-state index is 9.03. The molecule has 2 nitrogen and oxygen atoms in total. The molecule has 1 atom stereocenters. The molecular formula is C34H63NO. The Kier molecular flexibility index (Phi) is 33.2. The first-order chi connectivity index (χ1) is 16.9. The number of hydrogen-bond acceptors (Lipinski definition) is 2. The van der Waals surface area contributed by atoms with Crippen molar-refractivity contribution >= 4 is 5.71 Å². The number of allylic oxidation sites excluding steroid dienone is 3. The van der Waals surface area contributed by atoms with Gasteiger partial charge in [0.25, 0.3) is 0 Å². The van der Waals surface area contributed by atoms with Crippen molar-refractivity contribution < 1.29 is 5.11 Å². The van der Waals surface area contributed by atoms with E-state index in [2.05, 4.69) is 90.9 Å². The van der Waals surface area contributed by atoms with Crippen LogP contribution in [0.5, 0.6) is 0 Å². The van der Waals surface area contributed by atoms with E-state index in [9.17, 15) is 0 Å². The summed E-state index contributed by atoms with van der Waals surface area (Å²) < 4.78 is 0. The Morgan fingerprint density at radius 1 is 0.889 bits per heavy atom. The van der Waals surface area contributed by atoms with Crippen molar-refractivity contribution in [2.45, 2.75) is 128 Å². The smallest absolute Gasteiger partial charge is 0.111 e. The molecule has 1 N–H and O–H groups in total. The van der Waals surface area contributed by atoms with Gasteiger partial charge in [-0.2, -0.15) is 0 Å². The van der Waals surface area contributed by atoms with Crippen LogP contribution in [-0.2, 0) is 6.42 Å². The van der Waals surface area contributed by atoms with E-state index in [0.717, 1.165) is 29.2 Å². The van der Waals surface area contributed by atoms with E-state index in [-0.39, 0.29) is 5.76 Å². The SMILES string of the molecule is C=C(C)CCCC.C=C(O)/C(C)=C(/C)C(C)=NC.CC.CCCC(C)CC.CCc1ccc(C)cc1. The number of unbranched alkanes of at least 4 members (excludes halogenated alkanes) is 1. The molecule has 2 heteroatoms. The number of aryl methyl sites for hydroxylation is 2. The van der Waals surface area contributed by atoms with Gasteiger partial charge < -0.3 is 5.11 Å². The third-order valence-corrected chi connectivity index (χ3v) is 5.84. The van der Waals surface area contributed by atoms with E-state index in [0.29, 0.717) is 0 Å². The lowest BCUT2D eigenvalue weighted by Gasteiger charge is -2.04. The normalized spacial score (nSPS) is 11.4. The van der Waals surface area contributed by atoms with Crippen molar-refractivity contribution in [3.8, 4) is 0 Å². The number of aliphatic imine (C=N–C) groups is 1. The summed E-state index contributed by atoms with van der Waals surface area (Å²) in [5, 5.41) is 9.03. The van der Waals surface area contributed by atoms with Crippen LogP contribution >= 0.6 is 0 Å². The molecule has 0 aliphatic carbocycles. The monoisotopic (exact) mass is 501 g/mol. The standard InChI is InChI=1S/C9H15NO.C9H12.C7H14.C7H16.C2H6/c1-6(8(3)10-5)7(2)9(4)11;1-3-9-6-4-8(2)5-7-9;1-4-5-6-7(2)3;1-4-6-7(3)5-2;1-2/h11H,4H2,1-3,5H3;4-7H,3H2,1-2H3;2,4-6H2,1,3H3;7H,4-6H2,1-3H3;1-2H3/b7-6-,10-8?;;;;. The van der Waals surface area contributed by atoms with Crippen molar-refractivity contribution in [2.75, 3.05) is 7.05 Å². The van der Waals surface area contributed by atoms with Crippen LogP contribution in [-0.4, -0.2) is 17.9 Å². The number of aliphatic hydroxyl groups excluding tert-OH is 1. The first-order valence-electron chi connectivity index (χ1n) is 14.1. The maximum Gasteiger partial charge on any atom is 0.111 e. The summed E-state index contributed by atoms with van der Waals surface area (Å²) in [5.74, 6) is 1.07. The predicted molar refractivity (Wildman–Crippen MR) is 170 cm³/mol. The molecule has 0 amide bonds. The third-order valence-electron chi connectivity index (χ3n) is 5.84. The van der Waals surface area contributed by atoms with Crippen LogP contribution in [0.25, 0.3) is 0 Å². The summed E-state index contributed by atoms with van der Waals surface area (Å²) in [6, 6.07) is 8.66. The highest BCUT2D eigenvalue weighted by Gasteiger charge is 2.01. The van der Waals surface area contributed by atoms with Crippen LogP contribution in [0, 0.1) is 12.8 Å². The van der Waals surface area contributed by atoms with Gasteiger partial charge in [-0.25, -0.2) is 0 Å². The highest BCUT2D eigenvalue weighted by molar-refractivity contribution is 5.98. The number of rotatable bonds is 9. The number of benzene rings is 1. The van der Waals surface area contributed by atoms with Crippen molar-refractivity contribution in [3.05, 3.63) is 71.0 Å². The zero-order chi connectivity index (χ0) is 29.1. The van der Waals surface area contributed by atoms with E-state index in [1.807, 2.05) is 34.6 Å². The fourth-order valence-corrected chi connectivity index (χ4v) is 2.65.